The van der Waals surface area contributed by atoms with Crippen molar-refractivity contribution >= 4 is 49.9 Å². The van der Waals surface area contributed by atoms with E-state index in [9.17, 15) is 9.59 Å². The lowest BCUT2D eigenvalue weighted by molar-refractivity contribution is -0.118. The number of benzene rings is 2. The first-order valence-corrected chi connectivity index (χ1v) is 9.51. The van der Waals surface area contributed by atoms with E-state index in [0.717, 1.165) is 9.48 Å². The minimum Gasteiger partial charge on any atom is -0.483 e. The molecule has 2 N–H and O–H groups in total. The standard InChI is InChI=1S/C18H15BrN4O3S/c1-11-22-23-18(27-11)21-17(25)14-4-2-3-5-15(14)26-10-16(24)20-13-8-6-12(19)7-9-13/h2-9H,10H2,1H3,(H,20,24)(H,21,23,25). The van der Waals surface area contributed by atoms with E-state index in [1.807, 2.05) is 12.1 Å². The van der Waals surface area contributed by atoms with Crippen molar-refractivity contribution in [3.63, 3.8) is 0 Å². The van der Waals surface area contributed by atoms with Crippen molar-refractivity contribution in [3.05, 3.63) is 63.6 Å². The van der Waals surface area contributed by atoms with Crippen LogP contribution < -0.4 is 15.4 Å². The molecule has 138 valence electrons. The van der Waals surface area contributed by atoms with Crippen LogP contribution in [0.15, 0.2) is 53.0 Å². The Morgan fingerprint density at radius 3 is 2.52 bits per heavy atom. The van der Waals surface area contributed by atoms with Crippen LogP contribution in [0, 0.1) is 6.92 Å². The topological polar surface area (TPSA) is 93.2 Å². The summed E-state index contributed by atoms with van der Waals surface area (Å²) in [5.74, 6) is -0.399. The quantitative estimate of drug-likeness (QED) is 0.599. The zero-order valence-electron chi connectivity index (χ0n) is 14.2. The molecular formula is C18H15BrN4O3S. The third kappa shape index (κ3) is 5.35. The monoisotopic (exact) mass is 446 g/mol. The predicted molar refractivity (Wildman–Crippen MR) is 107 cm³/mol. The van der Waals surface area contributed by atoms with Gasteiger partial charge in [0, 0.05) is 10.2 Å². The lowest BCUT2D eigenvalue weighted by atomic mass is 10.2. The van der Waals surface area contributed by atoms with Crippen LogP contribution in [0.3, 0.4) is 0 Å². The fourth-order valence-corrected chi connectivity index (χ4v) is 3.02. The number of carbonyl (C=O) groups excluding carboxylic acids is 2. The number of aromatic nitrogens is 2. The minimum atomic E-state index is -0.380. The van der Waals surface area contributed by atoms with Crippen LogP contribution in [-0.4, -0.2) is 28.6 Å². The number of para-hydroxylation sites is 1. The molecule has 0 aliphatic heterocycles. The summed E-state index contributed by atoms with van der Waals surface area (Å²) < 4.78 is 6.46. The second-order valence-corrected chi connectivity index (χ2v) is 7.52. The average molecular weight is 447 g/mol. The minimum absolute atomic E-state index is 0.224. The molecule has 0 aliphatic rings. The number of aryl methyl sites for hydroxylation is 1. The Hall–Kier alpha value is -2.78. The molecule has 3 rings (SSSR count). The summed E-state index contributed by atoms with van der Waals surface area (Å²) in [5, 5.41) is 14.3. The Balaban J connectivity index is 1.62. The zero-order chi connectivity index (χ0) is 19.2. The number of amides is 2. The summed E-state index contributed by atoms with van der Waals surface area (Å²) in [5.41, 5.74) is 0.964. The van der Waals surface area contributed by atoms with Gasteiger partial charge >= 0.3 is 0 Å². The normalized spacial score (nSPS) is 10.3. The lowest BCUT2D eigenvalue weighted by Gasteiger charge is -2.11. The number of hydrogen-bond acceptors (Lipinski definition) is 6. The van der Waals surface area contributed by atoms with Crippen molar-refractivity contribution in [1.29, 1.82) is 0 Å². The van der Waals surface area contributed by atoms with Crippen LogP contribution in [0.25, 0.3) is 0 Å². The molecule has 0 fully saturated rings. The Morgan fingerprint density at radius 1 is 1.07 bits per heavy atom. The molecule has 0 atom stereocenters. The van der Waals surface area contributed by atoms with Gasteiger partial charge in [-0.3, -0.25) is 14.9 Å². The SMILES string of the molecule is Cc1nnc(NC(=O)c2ccccc2OCC(=O)Nc2ccc(Br)cc2)s1. The van der Waals surface area contributed by atoms with Gasteiger partial charge in [0.1, 0.15) is 10.8 Å². The van der Waals surface area contributed by atoms with Gasteiger partial charge in [0.2, 0.25) is 5.13 Å². The summed E-state index contributed by atoms with van der Waals surface area (Å²) in [4.78, 5) is 24.5. The number of nitrogens with zero attached hydrogens (tertiary/aromatic N) is 2. The van der Waals surface area contributed by atoms with Crippen LogP contribution in [0.5, 0.6) is 5.75 Å². The first-order chi connectivity index (χ1) is 13.0. The molecule has 0 saturated heterocycles. The second-order valence-electron chi connectivity index (χ2n) is 5.42. The van der Waals surface area contributed by atoms with E-state index in [-0.39, 0.29) is 18.4 Å². The molecule has 0 bridgehead atoms. The van der Waals surface area contributed by atoms with Crippen molar-refractivity contribution < 1.29 is 14.3 Å². The first-order valence-electron chi connectivity index (χ1n) is 7.90. The zero-order valence-corrected chi connectivity index (χ0v) is 16.6. The van der Waals surface area contributed by atoms with Gasteiger partial charge in [-0.05, 0) is 43.3 Å². The Labute approximate surface area is 167 Å². The van der Waals surface area contributed by atoms with E-state index in [2.05, 4.69) is 36.8 Å². The number of hydrogen-bond donors (Lipinski definition) is 2. The van der Waals surface area contributed by atoms with Crippen LogP contribution in [-0.2, 0) is 4.79 Å². The molecule has 0 saturated carbocycles. The van der Waals surface area contributed by atoms with Crippen molar-refractivity contribution in [2.24, 2.45) is 0 Å². The fraction of sp³-hybridized carbons (Fsp3) is 0.111. The summed E-state index contributed by atoms with van der Waals surface area (Å²) in [6.07, 6.45) is 0. The maximum absolute atomic E-state index is 12.5. The summed E-state index contributed by atoms with van der Waals surface area (Å²) in [7, 11) is 0. The molecule has 27 heavy (non-hydrogen) atoms. The highest BCUT2D eigenvalue weighted by Gasteiger charge is 2.15. The molecule has 0 spiro atoms. The highest BCUT2D eigenvalue weighted by atomic mass is 79.9. The highest BCUT2D eigenvalue weighted by molar-refractivity contribution is 9.10. The van der Waals surface area contributed by atoms with Gasteiger partial charge in [-0.2, -0.15) is 0 Å². The van der Waals surface area contributed by atoms with Crippen LogP contribution >= 0.6 is 27.3 Å². The van der Waals surface area contributed by atoms with Crippen molar-refractivity contribution in [2.75, 3.05) is 17.2 Å². The van der Waals surface area contributed by atoms with E-state index in [4.69, 9.17) is 4.74 Å². The fourth-order valence-electron chi connectivity index (χ4n) is 2.17. The van der Waals surface area contributed by atoms with Crippen LogP contribution in [0.4, 0.5) is 10.8 Å². The molecule has 0 aliphatic carbocycles. The van der Waals surface area contributed by atoms with E-state index >= 15 is 0 Å². The smallest absolute Gasteiger partial charge is 0.262 e. The maximum Gasteiger partial charge on any atom is 0.262 e. The molecule has 9 heteroatoms. The number of ether oxygens (including phenoxy) is 1. The highest BCUT2D eigenvalue weighted by Crippen LogP contribution is 2.21. The lowest BCUT2D eigenvalue weighted by Crippen LogP contribution is -2.21. The van der Waals surface area contributed by atoms with Crippen LogP contribution in [0.1, 0.15) is 15.4 Å². The molecule has 0 unspecified atom stereocenters. The van der Waals surface area contributed by atoms with Gasteiger partial charge in [-0.25, -0.2) is 0 Å². The van der Waals surface area contributed by atoms with Gasteiger partial charge in [0.25, 0.3) is 11.8 Å². The van der Waals surface area contributed by atoms with Crippen LogP contribution in [0.2, 0.25) is 0 Å². The number of halogens is 1. The van der Waals surface area contributed by atoms with E-state index in [0.29, 0.717) is 22.1 Å². The van der Waals surface area contributed by atoms with E-state index in [1.165, 1.54) is 11.3 Å². The largest absolute Gasteiger partial charge is 0.483 e. The molecule has 7 nitrogen and oxygen atoms in total. The number of carbonyl (C=O) groups is 2. The predicted octanol–water partition coefficient (Wildman–Crippen LogP) is 3.88. The molecule has 1 aromatic heterocycles. The van der Waals surface area contributed by atoms with Crippen molar-refractivity contribution in [1.82, 2.24) is 10.2 Å². The third-order valence-corrected chi connectivity index (χ3v) is 4.65. The first kappa shape index (κ1) is 19.0. The van der Waals surface area contributed by atoms with Crippen molar-refractivity contribution in [2.45, 2.75) is 6.92 Å². The second kappa shape index (κ2) is 8.74. The summed E-state index contributed by atoms with van der Waals surface area (Å²) in [6.45, 7) is 1.58. The van der Waals surface area contributed by atoms with Gasteiger partial charge in [-0.1, -0.05) is 39.4 Å². The Bertz CT molecular complexity index is 959. The maximum atomic E-state index is 12.5. The van der Waals surface area contributed by atoms with Gasteiger partial charge in [-0.15, -0.1) is 10.2 Å². The number of rotatable bonds is 6. The van der Waals surface area contributed by atoms with Gasteiger partial charge in [0.15, 0.2) is 6.61 Å². The molecule has 0 radical (unpaired) electrons. The molecule has 2 aromatic carbocycles. The summed E-state index contributed by atoms with van der Waals surface area (Å²) in [6, 6.07) is 13.9. The third-order valence-electron chi connectivity index (χ3n) is 3.36. The van der Waals surface area contributed by atoms with E-state index < -0.39 is 0 Å². The average Bonchev–Trinajstić information content (AvgIpc) is 3.07. The van der Waals surface area contributed by atoms with Gasteiger partial charge in [0.05, 0.1) is 5.56 Å². The molecular weight excluding hydrogens is 432 g/mol. The molecule has 1 heterocycles. The molecule has 3 aromatic rings. The number of anilines is 2. The number of nitrogens with one attached hydrogen (secondary N) is 2. The van der Waals surface area contributed by atoms with Crippen molar-refractivity contribution in [3.8, 4) is 5.75 Å². The molecule has 2 amide bonds. The Morgan fingerprint density at radius 2 is 1.81 bits per heavy atom. The summed E-state index contributed by atoms with van der Waals surface area (Å²) >= 11 is 4.61. The Kier molecular flexibility index (Phi) is 6.15. The van der Waals surface area contributed by atoms with E-state index in [1.54, 1.807) is 43.3 Å². The van der Waals surface area contributed by atoms with Gasteiger partial charge < -0.3 is 10.1 Å².